The molecule has 6 heteroatoms. The maximum absolute atomic E-state index is 11.9. The van der Waals surface area contributed by atoms with E-state index >= 15 is 0 Å². The Labute approximate surface area is 101 Å². The average Bonchev–Trinajstić information content (AvgIpc) is 2.64. The maximum Gasteiger partial charge on any atom is 0.299 e. The molecule has 0 spiro atoms. The van der Waals surface area contributed by atoms with Gasteiger partial charge in [0, 0.05) is 0 Å². The van der Waals surface area contributed by atoms with Gasteiger partial charge in [0.2, 0.25) is 0 Å². The Morgan fingerprint density at radius 1 is 1.35 bits per heavy atom. The van der Waals surface area contributed by atoms with E-state index in [9.17, 15) is 8.42 Å². The molecule has 1 saturated heterocycles. The van der Waals surface area contributed by atoms with Gasteiger partial charge in [-0.05, 0) is 25.5 Å². The second-order valence-electron chi connectivity index (χ2n) is 4.06. The van der Waals surface area contributed by atoms with Crippen LogP contribution >= 0.6 is 0 Å². The minimum Gasteiger partial charge on any atom is -0.350 e. The molecule has 1 aromatic rings. The van der Waals surface area contributed by atoms with Crippen molar-refractivity contribution in [2.75, 3.05) is 6.61 Å². The third-order valence-electron chi connectivity index (χ3n) is 2.61. The summed E-state index contributed by atoms with van der Waals surface area (Å²) in [5.74, 6) is 0. The van der Waals surface area contributed by atoms with Gasteiger partial charge in [0.25, 0.3) is 10.1 Å². The summed E-state index contributed by atoms with van der Waals surface area (Å²) in [5, 5.41) is 0. The SMILES string of the molecule is Cc1ccc(S(=O)(=O)O[C@H]2OCCC2N)cc1. The van der Waals surface area contributed by atoms with Crippen LogP contribution in [0.5, 0.6) is 0 Å². The van der Waals surface area contributed by atoms with Crippen LogP contribution in [0.3, 0.4) is 0 Å². The summed E-state index contributed by atoms with van der Waals surface area (Å²) < 4.78 is 33.9. The first-order valence-corrected chi connectivity index (χ1v) is 6.77. The predicted octanol–water partition coefficient (Wildman–Crippen LogP) is 0.774. The number of hydrogen-bond donors (Lipinski definition) is 1. The number of nitrogens with two attached hydrogens (primary N) is 1. The van der Waals surface area contributed by atoms with E-state index in [2.05, 4.69) is 0 Å². The zero-order chi connectivity index (χ0) is 12.5. The predicted molar refractivity (Wildman–Crippen MR) is 61.8 cm³/mol. The third-order valence-corrected chi connectivity index (χ3v) is 3.91. The molecule has 0 bridgehead atoms. The van der Waals surface area contributed by atoms with E-state index < -0.39 is 22.4 Å². The molecule has 1 fully saturated rings. The Bertz CT molecular complexity index is 483. The second-order valence-corrected chi connectivity index (χ2v) is 5.63. The average molecular weight is 257 g/mol. The molecule has 0 radical (unpaired) electrons. The summed E-state index contributed by atoms with van der Waals surface area (Å²) in [7, 11) is -3.80. The van der Waals surface area contributed by atoms with Crippen LogP contribution in [0.1, 0.15) is 12.0 Å². The highest BCUT2D eigenvalue weighted by Crippen LogP contribution is 2.20. The Kier molecular flexibility index (Phi) is 3.48. The fourth-order valence-corrected chi connectivity index (χ4v) is 2.59. The van der Waals surface area contributed by atoms with Crippen LogP contribution in [-0.2, 0) is 19.0 Å². The normalized spacial score (nSPS) is 25.1. The lowest BCUT2D eigenvalue weighted by molar-refractivity contribution is -0.0419. The van der Waals surface area contributed by atoms with Crippen molar-refractivity contribution >= 4 is 10.1 Å². The van der Waals surface area contributed by atoms with E-state index in [-0.39, 0.29) is 4.90 Å². The van der Waals surface area contributed by atoms with Crippen molar-refractivity contribution < 1.29 is 17.3 Å². The molecule has 1 aliphatic heterocycles. The van der Waals surface area contributed by atoms with Gasteiger partial charge in [0.15, 0.2) is 6.29 Å². The van der Waals surface area contributed by atoms with Gasteiger partial charge in [-0.3, -0.25) is 0 Å². The number of aryl methyl sites for hydroxylation is 1. The molecular formula is C11H15NO4S. The molecule has 1 aliphatic rings. The number of ether oxygens (including phenoxy) is 1. The zero-order valence-electron chi connectivity index (χ0n) is 9.50. The Morgan fingerprint density at radius 3 is 2.53 bits per heavy atom. The van der Waals surface area contributed by atoms with E-state index in [1.54, 1.807) is 12.1 Å². The summed E-state index contributed by atoms with van der Waals surface area (Å²) >= 11 is 0. The zero-order valence-corrected chi connectivity index (χ0v) is 10.3. The Balaban J connectivity index is 2.16. The lowest BCUT2D eigenvalue weighted by Gasteiger charge is -2.15. The number of benzene rings is 1. The van der Waals surface area contributed by atoms with E-state index in [4.69, 9.17) is 14.7 Å². The molecule has 2 atom stereocenters. The van der Waals surface area contributed by atoms with Crippen molar-refractivity contribution in [3.63, 3.8) is 0 Å². The minimum absolute atomic E-state index is 0.116. The Morgan fingerprint density at radius 2 is 2.00 bits per heavy atom. The summed E-state index contributed by atoms with van der Waals surface area (Å²) in [6.45, 7) is 2.31. The summed E-state index contributed by atoms with van der Waals surface area (Å²) in [6.07, 6.45) is -0.269. The molecule has 17 heavy (non-hydrogen) atoms. The molecule has 1 heterocycles. The molecule has 94 valence electrons. The van der Waals surface area contributed by atoms with Crippen molar-refractivity contribution in [2.45, 2.75) is 30.6 Å². The van der Waals surface area contributed by atoms with Gasteiger partial charge in [-0.15, -0.1) is 0 Å². The van der Waals surface area contributed by atoms with E-state index in [1.807, 2.05) is 6.92 Å². The molecule has 0 aromatic heterocycles. The first-order valence-electron chi connectivity index (χ1n) is 5.36. The smallest absolute Gasteiger partial charge is 0.299 e. The van der Waals surface area contributed by atoms with Crippen molar-refractivity contribution in [1.82, 2.24) is 0 Å². The third kappa shape index (κ3) is 2.84. The maximum atomic E-state index is 11.9. The molecule has 1 aromatic carbocycles. The second kappa shape index (κ2) is 4.73. The van der Waals surface area contributed by atoms with Crippen LogP contribution in [-0.4, -0.2) is 27.4 Å². The molecule has 0 aliphatic carbocycles. The van der Waals surface area contributed by atoms with Crippen molar-refractivity contribution in [1.29, 1.82) is 0 Å². The summed E-state index contributed by atoms with van der Waals surface area (Å²) in [4.78, 5) is 0.116. The topological polar surface area (TPSA) is 78.6 Å². The van der Waals surface area contributed by atoms with Crippen LogP contribution < -0.4 is 5.73 Å². The van der Waals surface area contributed by atoms with Gasteiger partial charge in [0.1, 0.15) is 0 Å². The van der Waals surface area contributed by atoms with E-state index in [0.29, 0.717) is 13.0 Å². The van der Waals surface area contributed by atoms with E-state index in [1.165, 1.54) is 12.1 Å². The monoisotopic (exact) mass is 257 g/mol. The van der Waals surface area contributed by atoms with Crippen molar-refractivity contribution in [3.8, 4) is 0 Å². The molecular weight excluding hydrogens is 242 g/mol. The lowest BCUT2D eigenvalue weighted by Crippen LogP contribution is -2.34. The van der Waals surface area contributed by atoms with Gasteiger partial charge in [-0.25, -0.2) is 4.18 Å². The summed E-state index contributed by atoms with van der Waals surface area (Å²) in [6, 6.07) is 6.04. The largest absolute Gasteiger partial charge is 0.350 e. The Hall–Kier alpha value is -0.950. The molecule has 1 unspecified atom stereocenters. The molecule has 2 N–H and O–H groups in total. The van der Waals surface area contributed by atoms with Gasteiger partial charge in [-0.1, -0.05) is 17.7 Å². The summed E-state index contributed by atoms with van der Waals surface area (Å²) in [5.41, 5.74) is 6.66. The van der Waals surface area contributed by atoms with Crippen molar-refractivity contribution in [2.24, 2.45) is 5.73 Å². The molecule has 5 nitrogen and oxygen atoms in total. The highest BCUT2D eigenvalue weighted by atomic mass is 32.2. The standard InChI is InChI=1S/C11H15NO4S/c1-8-2-4-9(5-3-8)17(13,14)16-11-10(12)6-7-15-11/h2-5,10-11H,6-7,12H2,1H3/t10?,11-/m1/s1. The quantitative estimate of drug-likeness (QED) is 0.809. The number of rotatable bonds is 3. The van der Waals surface area contributed by atoms with Crippen LogP contribution in [0, 0.1) is 6.92 Å². The minimum atomic E-state index is -3.80. The van der Waals surface area contributed by atoms with Crippen LogP contribution in [0.25, 0.3) is 0 Å². The van der Waals surface area contributed by atoms with E-state index in [0.717, 1.165) is 5.56 Å². The highest BCUT2D eigenvalue weighted by molar-refractivity contribution is 7.86. The highest BCUT2D eigenvalue weighted by Gasteiger charge is 2.31. The van der Waals surface area contributed by atoms with Crippen LogP contribution in [0.4, 0.5) is 0 Å². The van der Waals surface area contributed by atoms with Crippen LogP contribution in [0.2, 0.25) is 0 Å². The number of hydrogen-bond acceptors (Lipinski definition) is 5. The lowest BCUT2D eigenvalue weighted by atomic mass is 10.2. The fourth-order valence-electron chi connectivity index (χ4n) is 1.56. The molecule has 0 saturated carbocycles. The van der Waals surface area contributed by atoms with Gasteiger partial charge in [-0.2, -0.15) is 8.42 Å². The molecule has 0 amide bonds. The van der Waals surface area contributed by atoms with Crippen LogP contribution in [0.15, 0.2) is 29.2 Å². The van der Waals surface area contributed by atoms with Gasteiger partial charge in [0.05, 0.1) is 17.5 Å². The first kappa shape index (κ1) is 12.5. The van der Waals surface area contributed by atoms with Gasteiger partial charge < -0.3 is 10.5 Å². The fraction of sp³-hybridized carbons (Fsp3) is 0.455. The first-order chi connectivity index (χ1) is 7.99. The molecule has 2 rings (SSSR count). The van der Waals surface area contributed by atoms with Crippen molar-refractivity contribution in [3.05, 3.63) is 29.8 Å². The van der Waals surface area contributed by atoms with Gasteiger partial charge >= 0.3 is 0 Å².